The molecule has 1 atom stereocenters. The second kappa shape index (κ2) is 5.69. The van der Waals surface area contributed by atoms with E-state index in [9.17, 15) is 4.79 Å². The lowest BCUT2D eigenvalue weighted by molar-refractivity contribution is -0.119. The molecule has 3 nitrogen and oxygen atoms in total. The van der Waals surface area contributed by atoms with Gasteiger partial charge in [-0.05, 0) is 56.6 Å². The van der Waals surface area contributed by atoms with E-state index in [1.165, 1.54) is 31.2 Å². The quantitative estimate of drug-likeness (QED) is 0.805. The van der Waals surface area contributed by atoms with Gasteiger partial charge in [-0.1, -0.05) is 18.2 Å². The minimum absolute atomic E-state index is 0.304. The zero-order chi connectivity index (χ0) is 15.1. The van der Waals surface area contributed by atoms with Crippen LogP contribution in [-0.4, -0.2) is 36.0 Å². The summed E-state index contributed by atoms with van der Waals surface area (Å²) in [5.41, 5.74) is 2.46. The van der Waals surface area contributed by atoms with Crippen LogP contribution in [0.3, 0.4) is 0 Å². The summed E-state index contributed by atoms with van der Waals surface area (Å²) in [6, 6.07) is 9.77. The van der Waals surface area contributed by atoms with Crippen molar-refractivity contribution in [1.29, 1.82) is 0 Å². The smallest absolute Gasteiger partial charge is 0.228 e. The SMILES string of the molecule is CC(C1CC1)N(CCC(=O)N1CCc2ccccc21)C1CC1. The van der Waals surface area contributed by atoms with Crippen molar-refractivity contribution in [3.8, 4) is 0 Å². The lowest BCUT2D eigenvalue weighted by Gasteiger charge is -2.29. The van der Waals surface area contributed by atoms with Gasteiger partial charge >= 0.3 is 0 Å². The number of nitrogens with zero attached hydrogens (tertiary/aromatic N) is 2. The first kappa shape index (κ1) is 14.3. The van der Waals surface area contributed by atoms with Crippen molar-refractivity contribution in [2.45, 2.75) is 57.5 Å². The first-order valence-electron chi connectivity index (χ1n) is 8.88. The van der Waals surface area contributed by atoms with E-state index in [2.05, 4.69) is 30.0 Å². The zero-order valence-corrected chi connectivity index (χ0v) is 13.5. The normalized spacial score (nSPS) is 22.0. The molecule has 2 fully saturated rings. The molecule has 22 heavy (non-hydrogen) atoms. The Labute approximate surface area is 133 Å². The number of para-hydroxylation sites is 1. The molecule has 4 rings (SSSR count). The number of carbonyl (C=O) groups excluding carboxylic acids is 1. The molecule has 0 aromatic heterocycles. The highest BCUT2D eigenvalue weighted by atomic mass is 16.2. The van der Waals surface area contributed by atoms with Gasteiger partial charge in [0.15, 0.2) is 0 Å². The largest absolute Gasteiger partial charge is 0.312 e. The van der Waals surface area contributed by atoms with Crippen molar-refractivity contribution in [3.63, 3.8) is 0 Å². The predicted molar refractivity (Wildman–Crippen MR) is 89.0 cm³/mol. The number of anilines is 1. The van der Waals surface area contributed by atoms with Crippen LogP contribution in [0.25, 0.3) is 0 Å². The second-order valence-corrected chi connectivity index (χ2v) is 7.22. The topological polar surface area (TPSA) is 23.6 Å². The van der Waals surface area contributed by atoms with E-state index in [0.717, 1.165) is 37.2 Å². The number of amides is 1. The molecule has 2 aliphatic carbocycles. The maximum Gasteiger partial charge on any atom is 0.228 e. The summed E-state index contributed by atoms with van der Waals surface area (Å²) in [7, 11) is 0. The lowest BCUT2D eigenvalue weighted by Crippen LogP contribution is -2.40. The van der Waals surface area contributed by atoms with Gasteiger partial charge in [-0.15, -0.1) is 0 Å². The van der Waals surface area contributed by atoms with Gasteiger partial charge in [0.05, 0.1) is 0 Å². The Morgan fingerprint density at radius 3 is 2.77 bits per heavy atom. The van der Waals surface area contributed by atoms with Gasteiger partial charge in [-0.2, -0.15) is 0 Å². The number of hydrogen-bond donors (Lipinski definition) is 0. The van der Waals surface area contributed by atoms with Crippen molar-refractivity contribution < 1.29 is 4.79 Å². The molecule has 0 radical (unpaired) electrons. The van der Waals surface area contributed by atoms with Crippen LogP contribution >= 0.6 is 0 Å². The first-order valence-corrected chi connectivity index (χ1v) is 8.88. The molecule has 118 valence electrons. The van der Waals surface area contributed by atoms with E-state index >= 15 is 0 Å². The maximum atomic E-state index is 12.7. The van der Waals surface area contributed by atoms with Crippen molar-refractivity contribution in [3.05, 3.63) is 29.8 Å². The fraction of sp³-hybridized carbons (Fsp3) is 0.632. The molecule has 2 saturated carbocycles. The minimum atomic E-state index is 0.304. The lowest BCUT2D eigenvalue weighted by atomic mass is 10.1. The van der Waals surface area contributed by atoms with Crippen molar-refractivity contribution in [2.24, 2.45) is 5.92 Å². The molecule has 1 aliphatic heterocycles. The molecule has 0 bridgehead atoms. The van der Waals surface area contributed by atoms with E-state index in [1.54, 1.807) is 0 Å². The van der Waals surface area contributed by atoms with Crippen LogP contribution in [0.2, 0.25) is 0 Å². The van der Waals surface area contributed by atoms with Crippen molar-refractivity contribution in [1.82, 2.24) is 4.90 Å². The van der Waals surface area contributed by atoms with E-state index in [1.807, 2.05) is 11.0 Å². The van der Waals surface area contributed by atoms with Crippen molar-refractivity contribution >= 4 is 11.6 Å². The average Bonchev–Trinajstić information content (AvgIpc) is 3.43. The summed E-state index contributed by atoms with van der Waals surface area (Å²) in [4.78, 5) is 17.3. The van der Waals surface area contributed by atoms with Gasteiger partial charge < -0.3 is 4.90 Å². The fourth-order valence-electron chi connectivity index (χ4n) is 3.93. The third-order valence-corrected chi connectivity index (χ3v) is 5.62. The highest BCUT2D eigenvalue weighted by Gasteiger charge is 2.39. The van der Waals surface area contributed by atoms with Gasteiger partial charge in [0.1, 0.15) is 0 Å². The fourth-order valence-corrected chi connectivity index (χ4v) is 3.93. The standard InChI is InChI=1S/C19H26N2O/c1-14(15-6-7-15)20(17-8-9-17)13-11-19(22)21-12-10-16-4-2-3-5-18(16)21/h2-5,14-15,17H,6-13H2,1H3. The van der Waals surface area contributed by atoms with Crippen LogP contribution in [0, 0.1) is 5.92 Å². The number of hydrogen-bond acceptors (Lipinski definition) is 2. The Kier molecular flexibility index (Phi) is 3.69. The van der Waals surface area contributed by atoms with Crippen LogP contribution in [0.5, 0.6) is 0 Å². The summed E-state index contributed by atoms with van der Waals surface area (Å²) in [5, 5.41) is 0. The Morgan fingerprint density at radius 1 is 1.27 bits per heavy atom. The van der Waals surface area contributed by atoms with Gasteiger partial charge in [0.2, 0.25) is 5.91 Å². The van der Waals surface area contributed by atoms with Gasteiger partial charge in [-0.3, -0.25) is 9.69 Å². The number of benzene rings is 1. The molecular weight excluding hydrogens is 272 g/mol. The monoisotopic (exact) mass is 298 g/mol. The van der Waals surface area contributed by atoms with Gasteiger partial charge in [0.25, 0.3) is 0 Å². The molecule has 1 unspecified atom stereocenters. The summed E-state index contributed by atoms with van der Waals surface area (Å²) >= 11 is 0. The minimum Gasteiger partial charge on any atom is -0.312 e. The Balaban J connectivity index is 1.38. The Hall–Kier alpha value is -1.35. The molecule has 0 spiro atoms. The third-order valence-electron chi connectivity index (χ3n) is 5.62. The Bertz CT molecular complexity index is 562. The molecule has 0 N–H and O–H groups in total. The van der Waals surface area contributed by atoms with Gasteiger partial charge in [0, 0.05) is 37.3 Å². The number of fused-ring (bicyclic) bond motifs is 1. The summed E-state index contributed by atoms with van der Waals surface area (Å²) in [6.07, 6.45) is 7.11. The van der Waals surface area contributed by atoms with Crippen LogP contribution in [0.4, 0.5) is 5.69 Å². The highest BCUT2D eigenvalue weighted by Crippen LogP contribution is 2.39. The van der Waals surface area contributed by atoms with E-state index < -0.39 is 0 Å². The first-order chi connectivity index (χ1) is 10.7. The van der Waals surface area contributed by atoms with E-state index in [0.29, 0.717) is 18.4 Å². The molecular formula is C19H26N2O. The molecule has 1 aromatic rings. The molecule has 1 heterocycles. The van der Waals surface area contributed by atoms with E-state index in [-0.39, 0.29) is 0 Å². The summed E-state index contributed by atoms with van der Waals surface area (Å²) in [6.45, 7) is 4.17. The van der Waals surface area contributed by atoms with Gasteiger partial charge in [-0.25, -0.2) is 0 Å². The number of rotatable bonds is 6. The number of carbonyl (C=O) groups is 1. The second-order valence-electron chi connectivity index (χ2n) is 7.22. The molecule has 3 aliphatic rings. The highest BCUT2D eigenvalue weighted by molar-refractivity contribution is 5.95. The average molecular weight is 298 g/mol. The third kappa shape index (κ3) is 2.79. The Morgan fingerprint density at radius 2 is 2.05 bits per heavy atom. The van der Waals surface area contributed by atoms with Crippen LogP contribution < -0.4 is 4.90 Å². The van der Waals surface area contributed by atoms with E-state index in [4.69, 9.17) is 0 Å². The molecule has 1 aromatic carbocycles. The molecule has 1 amide bonds. The summed E-state index contributed by atoms with van der Waals surface area (Å²) in [5.74, 6) is 1.20. The predicted octanol–water partition coefficient (Wildman–Crippen LogP) is 3.23. The van der Waals surface area contributed by atoms with Crippen LogP contribution in [-0.2, 0) is 11.2 Å². The molecule has 0 saturated heterocycles. The summed E-state index contributed by atoms with van der Waals surface area (Å²) < 4.78 is 0. The van der Waals surface area contributed by atoms with Crippen molar-refractivity contribution in [2.75, 3.05) is 18.0 Å². The molecule has 3 heteroatoms. The van der Waals surface area contributed by atoms with Crippen LogP contribution in [0.15, 0.2) is 24.3 Å². The zero-order valence-electron chi connectivity index (χ0n) is 13.5. The maximum absolute atomic E-state index is 12.7. The van der Waals surface area contributed by atoms with Crippen LogP contribution in [0.1, 0.15) is 44.6 Å².